The van der Waals surface area contributed by atoms with Crippen molar-refractivity contribution in [2.75, 3.05) is 44.7 Å². The third-order valence-corrected chi connectivity index (χ3v) is 5.73. The van der Waals surface area contributed by atoms with Crippen molar-refractivity contribution in [3.8, 4) is 11.4 Å². The van der Waals surface area contributed by atoms with E-state index in [-0.39, 0.29) is 0 Å². The van der Waals surface area contributed by atoms with E-state index in [2.05, 4.69) is 37.8 Å². The standard InChI is InChI=1S/C19H29N7/c1-24-7-9-25(10-8-24)18-4-6-21-19(23-18)16-13-22-26(14-16)17-11-15(12-17)3-2-5-20/h4,6,13-15,17H,2-3,5,7-12,20H2,1H3. The summed E-state index contributed by atoms with van der Waals surface area (Å²) in [6, 6.07) is 2.53. The van der Waals surface area contributed by atoms with E-state index in [0.29, 0.717) is 6.04 Å². The predicted molar refractivity (Wildman–Crippen MR) is 103 cm³/mol. The maximum absolute atomic E-state index is 5.60. The topological polar surface area (TPSA) is 76.1 Å². The van der Waals surface area contributed by atoms with Crippen molar-refractivity contribution in [3.05, 3.63) is 24.7 Å². The molecule has 0 bridgehead atoms. The van der Waals surface area contributed by atoms with E-state index in [1.165, 1.54) is 19.3 Å². The predicted octanol–water partition coefficient (Wildman–Crippen LogP) is 1.78. The molecular weight excluding hydrogens is 326 g/mol. The van der Waals surface area contributed by atoms with Gasteiger partial charge in [0.15, 0.2) is 5.82 Å². The third-order valence-electron chi connectivity index (χ3n) is 5.73. The van der Waals surface area contributed by atoms with Crippen LogP contribution in [0.15, 0.2) is 24.7 Å². The normalized spacial score (nSPS) is 23.8. The zero-order valence-electron chi connectivity index (χ0n) is 15.6. The first-order chi connectivity index (χ1) is 12.7. The summed E-state index contributed by atoms with van der Waals surface area (Å²) < 4.78 is 2.10. The van der Waals surface area contributed by atoms with Gasteiger partial charge in [0.1, 0.15) is 5.82 Å². The minimum absolute atomic E-state index is 0.521. The van der Waals surface area contributed by atoms with Gasteiger partial charge in [-0.1, -0.05) is 0 Å². The molecule has 0 atom stereocenters. The highest BCUT2D eigenvalue weighted by Gasteiger charge is 2.30. The van der Waals surface area contributed by atoms with Crippen LogP contribution < -0.4 is 10.6 Å². The number of likely N-dealkylation sites (N-methyl/N-ethyl adjacent to an activating group) is 1. The average Bonchev–Trinajstić information content (AvgIpc) is 3.11. The molecule has 3 heterocycles. The zero-order chi connectivity index (χ0) is 17.9. The van der Waals surface area contributed by atoms with Crippen LogP contribution in [0, 0.1) is 5.92 Å². The molecular formula is C19H29N7. The number of nitrogens with two attached hydrogens (primary N) is 1. The van der Waals surface area contributed by atoms with Crippen LogP contribution in [0.5, 0.6) is 0 Å². The van der Waals surface area contributed by atoms with Crippen molar-refractivity contribution < 1.29 is 0 Å². The van der Waals surface area contributed by atoms with E-state index in [4.69, 9.17) is 10.7 Å². The largest absolute Gasteiger partial charge is 0.354 e. The fraction of sp³-hybridized carbons (Fsp3) is 0.632. The number of piperazine rings is 1. The van der Waals surface area contributed by atoms with Gasteiger partial charge in [-0.3, -0.25) is 4.68 Å². The summed E-state index contributed by atoms with van der Waals surface area (Å²) in [5.41, 5.74) is 6.61. The lowest BCUT2D eigenvalue weighted by Gasteiger charge is -2.35. The van der Waals surface area contributed by atoms with Gasteiger partial charge < -0.3 is 15.5 Å². The Morgan fingerprint density at radius 3 is 2.77 bits per heavy atom. The molecule has 0 unspecified atom stereocenters. The average molecular weight is 355 g/mol. The Hall–Kier alpha value is -1.99. The lowest BCUT2D eigenvalue weighted by Crippen LogP contribution is -2.44. The Labute approximate surface area is 155 Å². The second-order valence-electron chi connectivity index (χ2n) is 7.66. The molecule has 0 amide bonds. The summed E-state index contributed by atoms with van der Waals surface area (Å²) in [5, 5.41) is 4.57. The van der Waals surface area contributed by atoms with Gasteiger partial charge in [0.25, 0.3) is 0 Å². The van der Waals surface area contributed by atoms with Crippen molar-refractivity contribution in [2.24, 2.45) is 11.7 Å². The maximum atomic E-state index is 5.60. The smallest absolute Gasteiger partial charge is 0.164 e. The van der Waals surface area contributed by atoms with Crippen LogP contribution in [-0.4, -0.2) is 64.4 Å². The SMILES string of the molecule is CN1CCN(c2ccnc(-c3cnn(C4CC(CCCN)C4)c3)n2)CC1. The Bertz CT molecular complexity index is 714. The van der Waals surface area contributed by atoms with Gasteiger partial charge in [-0.05, 0) is 51.3 Å². The number of nitrogens with zero attached hydrogens (tertiary/aromatic N) is 6. The van der Waals surface area contributed by atoms with Crippen LogP contribution in [0.2, 0.25) is 0 Å². The molecule has 7 heteroatoms. The fourth-order valence-corrected chi connectivity index (χ4v) is 3.91. The fourth-order valence-electron chi connectivity index (χ4n) is 3.91. The van der Waals surface area contributed by atoms with Gasteiger partial charge in [-0.15, -0.1) is 0 Å². The first-order valence-electron chi connectivity index (χ1n) is 9.74. The number of anilines is 1. The number of aromatic nitrogens is 4. The van der Waals surface area contributed by atoms with Gasteiger partial charge in [0.2, 0.25) is 0 Å². The van der Waals surface area contributed by atoms with Gasteiger partial charge in [0.05, 0.1) is 17.8 Å². The van der Waals surface area contributed by atoms with Gasteiger partial charge >= 0.3 is 0 Å². The monoisotopic (exact) mass is 355 g/mol. The molecule has 2 fully saturated rings. The molecule has 2 aromatic heterocycles. The molecule has 0 radical (unpaired) electrons. The van der Waals surface area contributed by atoms with Crippen LogP contribution >= 0.6 is 0 Å². The van der Waals surface area contributed by atoms with E-state index < -0.39 is 0 Å². The van der Waals surface area contributed by atoms with E-state index >= 15 is 0 Å². The number of rotatable bonds is 6. The van der Waals surface area contributed by atoms with Crippen molar-refractivity contribution in [1.82, 2.24) is 24.6 Å². The molecule has 4 rings (SSSR count). The Balaban J connectivity index is 1.41. The number of hydrogen-bond acceptors (Lipinski definition) is 6. The molecule has 7 nitrogen and oxygen atoms in total. The highest BCUT2D eigenvalue weighted by molar-refractivity contribution is 5.55. The van der Waals surface area contributed by atoms with Gasteiger partial charge in [-0.25, -0.2) is 9.97 Å². The molecule has 26 heavy (non-hydrogen) atoms. The first-order valence-corrected chi connectivity index (χ1v) is 9.74. The van der Waals surface area contributed by atoms with Crippen molar-refractivity contribution in [3.63, 3.8) is 0 Å². The second kappa shape index (κ2) is 7.72. The maximum Gasteiger partial charge on any atom is 0.164 e. The molecule has 1 aliphatic carbocycles. The van der Waals surface area contributed by atoms with Gasteiger partial charge in [0, 0.05) is 38.6 Å². The molecule has 1 saturated carbocycles. The highest BCUT2D eigenvalue weighted by Crippen LogP contribution is 2.40. The lowest BCUT2D eigenvalue weighted by atomic mass is 9.77. The summed E-state index contributed by atoms with van der Waals surface area (Å²) in [4.78, 5) is 14.0. The Morgan fingerprint density at radius 2 is 2.00 bits per heavy atom. The minimum Gasteiger partial charge on any atom is -0.354 e. The van der Waals surface area contributed by atoms with Crippen molar-refractivity contribution >= 4 is 5.82 Å². The molecule has 0 aromatic carbocycles. The first kappa shape index (κ1) is 17.4. The zero-order valence-corrected chi connectivity index (χ0v) is 15.6. The van der Waals surface area contributed by atoms with E-state index in [9.17, 15) is 0 Å². The molecule has 1 saturated heterocycles. The molecule has 1 aliphatic heterocycles. The number of hydrogen-bond donors (Lipinski definition) is 1. The van der Waals surface area contributed by atoms with Crippen LogP contribution in [0.25, 0.3) is 11.4 Å². The minimum atomic E-state index is 0.521. The Morgan fingerprint density at radius 1 is 1.19 bits per heavy atom. The molecule has 0 spiro atoms. The third kappa shape index (κ3) is 3.73. The van der Waals surface area contributed by atoms with E-state index in [1.807, 2.05) is 18.5 Å². The molecule has 2 N–H and O–H groups in total. The molecule has 2 aliphatic rings. The summed E-state index contributed by atoms with van der Waals surface area (Å²) >= 11 is 0. The van der Waals surface area contributed by atoms with Gasteiger partial charge in [-0.2, -0.15) is 5.10 Å². The van der Waals surface area contributed by atoms with Crippen LogP contribution in [0.4, 0.5) is 5.82 Å². The molecule has 140 valence electrons. The quantitative estimate of drug-likeness (QED) is 0.851. The van der Waals surface area contributed by atoms with Crippen molar-refractivity contribution in [2.45, 2.75) is 31.7 Å². The van der Waals surface area contributed by atoms with E-state index in [1.54, 1.807) is 0 Å². The Kier molecular flexibility index (Phi) is 5.17. The lowest BCUT2D eigenvalue weighted by molar-refractivity contribution is 0.171. The summed E-state index contributed by atoms with van der Waals surface area (Å²) in [5.74, 6) is 2.60. The van der Waals surface area contributed by atoms with Crippen LogP contribution in [0.1, 0.15) is 31.7 Å². The van der Waals surface area contributed by atoms with Crippen LogP contribution in [0.3, 0.4) is 0 Å². The van der Waals surface area contributed by atoms with Crippen LogP contribution in [-0.2, 0) is 0 Å². The molecule has 2 aromatic rings. The summed E-state index contributed by atoms with van der Waals surface area (Å²) in [6.45, 7) is 4.97. The van der Waals surface area contributed by atoms with Crippen molar-refractivity contribution in [1.29, 1.82) is 0 Å². The second-order valence-corrected chi connectivity index (χ2v) is 7.66. The summed E-state index contributed by atoms with van der Waals surface area (Å²) in [7, 11) is 2.16. The van der Waals surface area contributed by atoms with E-state index in [0.717, 1.165) is 62.3 Å². The summed E-state index contributed by atoms with van der Waals surface area (Å²) in [6.07, 6.45) is 10.7. The highest BCUT2D eigenvalue weighted by atomic mass is 15.3.